The highest BCUT2D eigenvalue weighted by atomic mass is 32.2. The molecule has 2 heterocycles. The van der Waals surface area contributed by atoms with Crippen LogP contribution in [0.5, 0.6) is 5.88 Å². The number of nitrogens with zero attached hydrogens (tertiary/aromatic N) is 3. The molecule has 4 rings (SSSR count). The van der Waals surface area contributed by atoms with Gasteiger partial charge in [0.05, 0.1) is 24.0 Å². The van der Waals surface area contributed by atoms with Crippen LogP contribution in [0.3, 0.4) is 0 Å². The number of amides is 1. The van der Waals surface area contributed by atoms with Gasteiger partial charge >= 0.3 is 6.61 Å². The van der Waals surface area contributed by atoms with Gasteiger partial charge in [0.15, 0.2) is 5.17 Å². The van der Waals surface area contributed by atoms with Crippen LogP contribution in [0.15, 0.2) is 35.6 Å². The third-order valence-corrected chi connectivity index (χ3v) is 6.55. The smallest absolute Gasteiger partial charge is 0.388 e. The van der Waals surface area contributed by atoms with Gasteiger partial charge in [-0.05, 0) is 24.6 Å². The number of amidine groups is 1. The number of methoxy groups -OCH3 is 1. The molecule has 1 aliphatic carbocycles. The number of fused-ring (bicyclic) bond motifs is 1. The summed E-state index contributed by atoms with van der Waals surface area (Å²) in [6, 6.07) is 4.21. The lowest BCUT2D eigenvalue weighted by molar-refractivity contribution is -0.0531. The zero-order chi connectivity index (χ0) is 22.9. The lowest BCUT2D eigenvalue weighted by Gasteiger charge is -2.36. The second-order valence-electron chi connectivity index (χ2n) is 7.45. The number of carbonyl (C=O) groups is 1. The highest BCUT2D eigenvalue weighted by Crippen LogP contribution is 2.52. The van der Waals surface area contributed by atoms with Gasteiger partial charge in [-0.15, -0.1) is 0 Å². The summed E-state index contributed by atoms with van der Waals surface area (Å²) in [6.45, 7) is -3.05. The van der Waals surface area contributed by atoms with Gasteiger partial charge in [0.1, 0.15) is 11.5 Å². The van der Waals surface area contributed by atoms with Crippen LogP contribution >= 0.6 is 11.8 Å². The van der Waals surface area contributed by atoms with Crippen LogP contribution in [-0.4, -0.2) is 46.6 Å². The van der Waals surface area contributed by atoms with Gasteiger partial charge in [0.25, 0.3) is 5.91 Å². The molecule has 12 heteroatoms. The number of nitrogens with one attached hydrogen (secondary N) is 1. The lowest BCUT2D eigenvalue weighted by atomic mass is 9.81. The van der Waals surface area contributed by atoms with Gasteiger partial charge in [-0.1, -0.05) is 11.8 Å². The number of carbonyl (C=O) groups excluding carboxylic acids is 1. The Bertz CT molecular complexity index is 1040. The predicted octanol–water partition coefficient (Wildman–Crippen LogP) is 3.15. The topological polar surface area (TPSA) is 112 Å². The van der Waals surface area contributed by atoms with E-state index < -0.39 is 29.8 Å². The van der Waals surface area contributed by atoms with E-state index in [-0.39, 0.29) is 17.7 Å². The minimum absolute atomic E-state index is 0.0263. The van der Waals surface area contributed by atoms with Crippen LogP contribution < -0.4 is 15.8 Å². The zero-order valence-corrected chi connectivity index (χ0v) is 17.7. The summed E-state index contributed by atoms with van der Waals surface area (Å²) >= 11 is 1.43. The number of alkyl halides is 2. The SMILES string of the molecule is CO[C@@H]1CC2CSC(N)=NC2(c2cc(NC(=O)c3cnc(OC(F)F)cn3)ccc2F)C1. The number of nitrogens with two attached hydrogens (primary N) is 1. The van der Waals surface area contributed by atoms with E-state index in [0.29, 0.717) is 28.6 Å². The molecule has 0 spiro atoms. The minimum atomic E-state index is -3.05. The van der Waals surface area contributed by atoms with E-state index in [1.54, 1.807) is 7.11 Å². The molecule has 0 saturated heterocycles. The molecule has 8 nitrogen and oxygen atoms in total. The highest BCUT2D eigenvalue weighted by Gasteiger charge is 2.52. The van der Waals surface area contributed by atoms with Crippen LogP contribution in [0.25, 0.3) is 0 Å². The van der Waals surface area contributed by atoms with Crippen LogP contribution in [0.2, 0.25) is 0 Å². The van der Waals surface area contributed by atoms with E-state index in [1.165, 1.54) is 30.0 Å². The summed E-state index contributed by atoms with van der Waals surface area (Å²) in [6.07, 6.45) is 3.04. The van der Waals surface area contributed by atoms with Crippen LogP contribution in [0.4, 0.5) is 18.9 Å². The molecule has 3 atom stereocenters. The van der Waals surface area contributed by atoms with E-state index in [1.807, 2.05) is 0 Å². The Labute approximate surface area is 185 Å². The van der Waals surface area contributed by atoms with Crippen molar-refractivity contribution in [3.05, 3.63) is 47.7 Å². The second kappa shape index (κ2) is 8.94. The Morgan fingerprint density at radius 3 is 2.84 bits per heavy atom. The zero-order valence-electron chi connectivity index (χ0n) is 16.9. The molecular weight excluding hydrogens is 447 g/mol. The van der Waals surface area contributed by atoms with Gasteiger partial charge in [0, 0.05) is 36.5 Å². The first kappa shape index (κ1) is 22.3. The second-order valence-corrected chi connectivity index (χ2v) is 8.49. The Morgan fingerprint density at radius 1 is 1.34 bits per heavy atom. The number of hydrogen-bond donors (Lipinski definition) is 2. The monoisotopic (exact) mass is 467 g/mol. The summed E-state index contributed by atoms with van der Waals surface area (Å²) in [7, 11) is 1.61. The number of rotatable bonds is 6. The lowest BCUT2D eigenvalue weighted by Crippen LogP contribution is -2.37. The highest BCUT2D eigenvalue weighted by molar-refractivity contribution is 8.13. The molecule has 1 aromatic heterocycles. The summed E-state index contributed by atoms with van der Waals surface area (Å²) in [5.41, 5.74) is 5.64. The summed E-state index contributed by atoms with van der Waals surface area (Å²) in [4.78, 5) is 24.6. The van der Waals surface area contributed by atoms with Crippen molar-refractivity contribution in [2.75, 3.05) is 18.2 Å². The summed E-state index contributed by atoms with van der Waals surface area (Å²) < 4.78 is 49.1. The van der Waals surface area contributed by atoms with Gasteiger partial charge < -0.3 is 20.5 Å². The van der Waals surface area contributed by atoms with Crippen molar-refractivity contribution in [1.29, 1.82) is 0 Å². The van der Waals surface area contributed by atoms with Crippen LogP contribution in [-0.2, 0) is 10.3 Å². The van der Waals surface area contributed by atoms with Crippen LogP contribution in [0.1, 0.15) is 28.9 Å². The molecular formula is C20H20F3N5O3S. The minimum Gasteiger partial charge on any atom is -0.415 e. The molecule has 2 aromatic rings. The van der Waals surface area contributed by atoms with Gasteiger partial charge in [-0.3, -0.25) is 9.79 Å². The van der Waals surface area contributed by atoms with Crippen molar-refractivity contribution in [3.8, 4) is 5.88 Å². The number of benzene rings is 1. The van der Waals surface area contributed by atoms with Crippen molar-refractivity contribution in [2.24, 2.45) is 16.6 Å². The normalized spacial score (nSPS) is 24.7. The average molecular weight is 467 g/mol. The molecule has 1 amide bonds. The Kier molecular flexibility index (Phi) is 6.24. The number of hydrogen-bond acceptors (Lipinski definition) is 8. The molecule has 1 saturated carbocycles. The third-order valence-electron chi connectivity index (χ3n) is 5.60. The van der Waals surface area contributed by atoms with E-state index in [0.717, 1.165) is 18.8 Å². The number of aliphatic imine (C=N–C) groups is 1. The Hall–Kier alpha value is -2.86. The fraction of sp³-hybridized carbons (Fsp3) is 0.400. The van der Waals surface area contributed by atoms with E-state index in [9.17, 15) is 18.0 Å². The first-order valence-corrected chi connectivity index (χ1v) is 10.7. The number of ether oxygens (including phenoxy) is 2. The van der Waals surface area contributed by atoms with Crippen molar-refractivity contribution >= 4 is 28.5 Å². The standard InChI is InChI=1S/C20H20F3N5O3S/c1-30-12-4-10-9-32-19(24)28-20(10,6-12)13-5-11(2-3-14(13)21)27-17(29)15-7-26-16(8-25-15)31-18(22)23/h2-3,5,7-8,10,12,18H,4,6,9H2,1H3,(H2,24,28)(H,27,29)/t10?,12-,20?/m1/s1. The van der Waals surface area contributed by atoms with Gasteiger partial charge in [-0.2, -0.15) is 8.78 Å². The first-order valence-electron chi connectivity index (χ1n) is 9.70. The van der Waals surface area contributed by atoms with Crippen molar-refractivity contribution in [3.63, 3.8) is 0 Å². The number of thioether (sulfide) groups is 1. The molecule has 1 fully saturated rings. The average Bonchev–Trinajstić information content (AvgIpc) is 3.14. The first-order chi connectivity index (χ1) is 15.3. The fourth-order valence-corrected chi connectivity index (χ4v) is 5.16. The van der Waals surface area contributed by atoms with E-state index in [4.69, 9.17) is 10.5 Å². The Balaban J connectivity index is 1.60. The maximum absolute atomic E-state index is 15.0. The Morgan fingerprint density at radius 2 is 2.16 bits per heavy atom. The third kappa shape index (κ3) is 4.37. The van der Waals surface area contributed by atoms with Crippen molar-refractivity contribution in [1.82, 2.24) is 9.97 Å². The summed E-state index contributed by atoms with van der Waals surface area (Å²) in [5.74, 6) is -0.797. The molecule has 2 unspecified atom stereocenters. The van der Waals surface area contributed by atoms with E-state index >= 15 is 0 Å². The number of anilines is 1. The maximum Gasteiger partial charge on any atom is 0.388 e. The fourth-order valence-electron chi connectivity index (χ4n) is 4.15. The number of halogens is 3. The largest absolute Gasteiger partial charge is 0.415 e. The summed E-state index contributed by atoms with van der Waals surface area (Å²) in [5, 5.41) is 3.01. The van der Waals surface area contributed by atoms with Crippen molar-refractivity contribution in [2.45, 2.75) is 31.1 Å². The van der Waals surface area contributed by atoms with E-state index in [2.05, 4.69) is 25.0 Å². The van der Waals surface area contributed by atoms with Gasteiger partial charge in [-0.25, -0.2) is 14.4 Å². The van der Waals surface area contributed by atoms with Crippen LogP contribution in [0, 0.1) is 11.7 Å². The molecule has 2 aliphatic rings. The molecule has 1 aliphatic heterocycles. The predicted molar refractivity (Wildman–Crippen MR) is 112 cm³/mol. The quantitative estimate of drug-likeness (QED) is 0.671. The molecule has 0 bridgehead atoms. The maximum atomic E-state index is 15.0. The molecule has 32 heavy (non-hydrogen) atoms. The molecule has 1 aromatic carbocycles. The van der Waals surface area contributed by atoms with Crippen molar-refractivity contribution < 1.29 is 27.4 Å². The molecule has 170 valence electrons. The molecule has 0 radical (unpaired) electrons. The van der Waals surface area contributed by atoms with Gasteiger partial charge in [0.2, 0.25) is 5.88 Å². The molecule has 3 N–H and O–H groups in total. The number of aromatic nitrogens is 2.